The average molecular weight is 494 g/mol. The molecule has 0 bridgehead atoms. The predicted octanol–water partition coefficient (Wildman–Crippen LogP) is 1.10. The number of aryl methyl sites for hydroxylation is 3. The third-order valence-corrected chi connectivity index (χ3v) is 7.48. The lowest BCUT2D eigenvalue weighted by molar-refractivity contribution is -0.138. The molecule has 1 aromatic carbocycles. The lowest BCUT2D eigenvalue weighted by atomic mass is 9.88. The summed E-state index contributed by atoms with van der Waals surface area (Å²) in [7, 11) is 2.98. The Morgan fingerprint density at radius 3 is 2.72 bits per heavy atom. The van der Waals surface area contributed by atoms with Gasteiger partial charge >= 0.3 is 5.69 Å². The first-order chi connectivity index (χ1) is 17.1. The zero-order valence-electron chi connectivity index (χ0n) is 21.0. The van der Waals surface area contributed by atoms with Gasteiger partial charge in [0.1, 0.15) is 5.82 Å². The molecule has 1 aliphatic heterocycles. The van der Waals surface area contributed by atoms with Crippen LogP contribution < -0.4 is 11.2 Å². The normalized spacial score (nSPS) is 20.5. The van der Waals surface area contributed by atoms with Crippen molar-refractivity contribution >= 4 is 28.1 Å². The zero-order chi connectivity index (χ0) is 25.8. The van der Waals surface area contributed by atoms with Crippen molar-refractivity contribution in [2.45, 2.75) is 51.3 Å². The fraction of sp³-hybridized carbons (Fsp3) is 0.480. The number of piperidine rings is 1. The van der Waals surface area contributed by atoms with Crippen molar-refractivity contribution in [1.29, 1.82) is 0 Å². The van der Waals surface area contributed by atoms with Gasteiger partial charge < -0.3 is 19.1 Å². The first-order valence-electron chi connectivity index (χ1n) is 12.1. The van der Waals surface area contributed by atoms with E-state index < -0.39 is 22.9 Å². The first-order valence-corrected chi connectivity index (χ1v) is 12.1. The highest BCUT2D eigenvalue weighted by Gasteiger charge is 2.41. The van der Waals surface area contributed by atoms with Crippen molar-refractivity contribution in [3.63, 3.8) is 0 Å². The Labute approximate surface area is 207 Å². The molecule has 1 fully saturated rings. The lowest BCUT2D eigenvalue weighted by Crippen LogP contribution is -2.53. The third-order valence-electron chi connectivity index (χ3n) is 7.48. The van der Waals surface area contributed by atoms with Crippen LogP contribution in [0, 0.1) is 6.92 Å². The van der Waals surface area contributed by atoms with Crippen LogP contribution in [0.4, 0.5) is 0 Å². The van der Waals surface area contributed by atoms with Gasteiger partial charge in [-0.05, 0) is 38.8 Å². The van der Waals surface area contributed by atoms with E-state index in [1.165, 1.54) is 17.9 Å². The molecule has 4 heterocycles. The molecule has 1 N–H and O–H groups in total. The molecule has 11 nitrogen and oxygen atoms in total. The molecule has 36 heavy (non-hydrogen) atoms. The number of para-hydroxylation sites is 2. The molecule has 0 spiro atoms. The van der Waals surface area contributed by atoms with Gasteiger partial charge in [-0.25, -0.2) is 14.8 Å². The Bertz CT molecular complexity index is 1590. The number of hydrogen-bond donors (Lipinski definition) is 1. The Morgan fingerprint density at radius 2 is 1.94 bits per heavy atom. The minimum atomic E-state index is -1.16. The molecular formula is C25H31N7O4. The van der Waals surface area contributed by atoms with Crippen LogP contribution in [0.3, 0.4) is 0 Å². The van der Waals surface area contributed by atoms with Gasteiger partial charge in [-0.1, -0.05) is 12.1 Å². The average Bonchev–Trinajstić information content (AvgIpc) is 3.42. The number of imidazole rings is 2. The highest BCUT2D eigenvalue weighted by atomic mass is 16.3. The smallest absolute Gasteiger partial charge is 0.332 e. The maximum absolute atomic E-state index is 13.2. The molecule has 11 heteroatoms. The molecule has 0 unspecified atom stereocenters. The number of likely N-dealkylation sites (tertiary alicyclic amines) is 1. The SMILES string of the molecule is Cc1nc2ccccc2n1CCCC(=O)N1CC[C@](C)(O)[C@@H](n2cnc3c2c(=O)n(C)c(=O)n3C)C1. The molecule has 190 valence electrons. The zero-order valence-corrected chi connectivity index (χ0v) is 21.0. The second-order valence-electron chi connectivity index (χ2n) is 9.90. The van der Waals surface area contributed by atoms with Crippen LogP contribution in [0.25, 0.3) is 22.2 Å². The largest absolute Gasteiger partial charge is 0.388 e. The summed E-state index contributed by atoms with van der Waals surface area (Å²) in [6, 6.07) is 7.38. The van der Waals surface area contributed by atoms with Gasteiger partial charge in [0.2, 0.25) is 5.91 Å². The van der Waals surface area contributed by atoms with Gasteiger partial charge in [0.25, 0.3) is 5.56 Å². The Balaban J connectivity index is 1.35. The van der Waals surface area contributed by atoms with E-state index in [1.54, 1.807) is 23.4 Å². The molecule has 4 aromatic rings. The van der Waals surface area contributed by atoms with Crippen molar-refractivity contribution in [3.05, 3.63) is 57.3 Å². The van der Waals surface area contributed by atoms with Gasteiger partial charge in [0, 0.05) is 40.2 Å². The van der Waals surface area contributed by atoms with Crippen molar-refractivity contribution in [1.82, 2.24) is 33.1 Å². The van der Waals surface area contributed by atoms with Gasteiger partial charge in [-0.3, -0.25) is 18.7 Å². The molecule has 5 rings (SSSR count). The number of benzene rings is 1. The van der Waals surface area contributed by atoms with E-state index in [-0.39, 0.29) is 23.6 Å². The minimum Gasteiger partial charge on any atom is -0.388 e. The standard InChI is InChI=1S/C25H31N7O4/c1-16-27-17-8-5-6-9-18(17)31(16)12-7-10-20(33)30-13-11-25(2,36)19(14-30)32-15-26-22-21(32)23(34)29(4)24(35)28(22)3/h5-6,8-9,15,19,36H,7,10-14H2,1-4H3/t19-,25-/m0/s1. The second-order valence-corrected chi connectivity index (χ2v) is 9.90. The van der Waals surface area contributed by atoms with Crippen LogP contribution in [-0.4, -0.2) is 62.8 Å². The number of aliphatic hydroxyl groups is 1. The Kier molecular flexibility index (Phi) is 5.82. The first kappa shape index (κ1) is 24.0. The summed E-state index contributed by atoms with van der Waals surface area (Å²) >= 11 is 0. The molecule has 1 saturated heterocycles. The summed E-state index contributed by atoms with van der Waals surface area (Å²) in [5.41, 5.74) is 0.389. The molecule has 1 amide bonds. The molecule has 0 saturated carbocycles. The fourth-order valence-electron chi connectivity index (χ4n) is 5.26. The highest BCUT2D eigenvalue weighted by Crippen LogP contribution is 2.33. The second kappa shape index (κ2) is 8.74. The van der Waals surface area contributed by atoms with Crippen LogP contribution in [-0.2, 0) is 25.4 Å². The highest BCUT2D eigenvalue weighted by molar-refractivity contribution is 5.77. The van der Waals surface area contributed by atoms with Crippen molar-refractivity contribution in [2.24, 2.45) is 14.1 Å². The quantitative estimate of drug-likeness (QED) is 0.445. The van der Waals surface area contributed by atoms with Crippen LogP contribution in [0.5, 0.6) is 0 Å². The van der Waals surface area contributed by atoms with E-state index >= 15 is 0 Å². The number of nitrogens with zero attached hydrogens (tertiary/aromatic N) is 7. The number of carbonyl (C=O) groups excluding carboxylic acids is 1. The molecule has 0 aliphatic carbocycles. The molecule has 0 radical (unpaired) electrons. The number of carbonyl (C=O) groups is 1. The lowest BCUT2D eigenvalue weighted by Gasteiger charge is -2.43. The summed E-state index contributed by atoms with van der Waals surface area (Å²) < 4.78 is 6.10. The fourth-order valence-corrected chi connectivity index (χ4v) is 5.26. The Morgan fingerprint density at radius 1 is 1.19 bits per heavy atom. The number of fused-ring (bicyclic) bond motifs is 2. The van der Waals surface area contributed by atoms with Gasteiger partial charge in [-0.15, -0.1) is 0 Å². The van der Waals surface area contributed by atoms with E-state index in [4.69, 9.17) is 0 Å². The summed E-state index contributed by atoms with van der Waals surface area (Å²) in [6.07, 6.45) is 2.86. The maximum Gasteiger partial charge on any atom is 0.332 e. The van der Waals surface area contributed by atoms with Crippen molar-refractivity contribution in [3.8, 4) is 0 Å². The van der Waals surface area contributed by atoms with E-state index in [9.17, 15) is 19.5 Å². The number of rotatable bonds is 5. The predicted molar refractivity (Wildman–Crippen MR) is 135 cm³/mol. The summed E-state index contributed by atoms with van der Waals surface area (Å²) in [5.74, 6) is 0.919. The number of amides is 1. The van der Waals surface area contributed by atoms with E-state index in [1.807, 2.05) is 31.2 Å². The summed E-state index contributed by atoms with van der Waals surface area (Å²) in [6.45, 7) is 5.04. The van der Waals surface area contributed by atoms with Crippen LogP contribution in [0.2, 0.25) is 0 Å². The van der Waals surface area contributed by atoms with E-state index in [0.717, 1.165) is 21.4 Å². The maximum atomic E-state index is 13.2. The summed E-state index contributed by atoms with van der Waals surface area (Å²) in [4.78, 5) is 49.0. The number of aromatic nitrogens is 6. The Hall–Kier alpha value is -3.73. The third kappa shape index (κ3) is 3.83. The summed E-state index contributed by atoms with van der Waals surface area (Å²) in [5, 5.41) is 11.2. The van der Waals surface area contributed by atoms with Gasteiger partial charge in [-0.2, -0.15) is 0 Å². The van der Waals surface area contributed by atoms with Crippen LogP contribution >= 0.6 is 0 Å². The molecule has 1 aliphatic rings. The molecular weight excluding hydrogens is 462 g/mol. The monoisotopic (exact) mass is 493 g/mol. The van der Waals surface area contributed by atoms with Gasteiger partial charge in [0.05, 0.1) is 29.0 Å². The van der Waals surface area contributed by atoms with E-state index in [2.05, 4.69) is 14.5 Å². The molecule has 3 aromatic heterocycles. The van der Waals surface area contributed by atoms with Gasteiger partial charge in [0.15, 0.2) is 11.2 Å². The van der Waals surface area contributed by atoms with Crippen molar-refractivity contribution in [2.75, 3.05) is 13.1 Å². The van der Waals surface area contributed by atoms with Crippen LogP contribution in [0.1, 0.15) is 38.1 Å². The topological polar surface area (TPSA) is 120 Å². The number of hydrogen-bond acceptors (Lipinski definition) is 6. The van der Waals surface area contributed by atoms with Crippen molar-refractivity contribution < 1.29 is 9.90 Å². The molecule has 2 atom stereocenters. The van der Waals surface area contributed by atoms with E-state index in [0.29, 0.717) is 32.4 Å². The minimum absolute atomic E-state index is 0.00213. The van der Waals surface area contributed by atoms with Crippen LogP contribution in [0.15, 0.2) is 40.2 Å².